The molecule has 0 saturated carbocycles. The van der Waals surface area contributed by atoms with E-state index in [-0.39, 0.29) is 11.2 Å². The minimum atomic E-state index is -0.458. The number of anilines is 1. The summed E-state index contributed by atoms with van der Waals surface area (Å²) in [5.74, 6) is 0.644. The van der Waals surface area contributed by atoms with Crippen LogP contribution in [0.4, 0.5) is 11.5 Å². The molecule has 0 unspecified atom stereocenters. The first-order valence-electron chi connectivity index (χ1n) is 5.35. The molecule has 1 aromatic heterocycles. The summed E-state index contributed by atoms with van der Waals surface area (Å²) in [7, 11) is 4.01. The number of hydrogen-bond donors (Lipinski definition) is 1. The van der Waals surface area contributed by atoms with Gasteiger partial charge in [0.2, 0.25) is 0 Å². The molecule has 1 aromatic rings. The van der Waals surface area contributed by atoms with Gasteiger partial charge in [-0.2, -0.15) is 0 Å². The number of likely N-dealkylation sites (N-methyl/N-ethyl adjacent to an activating group) is 1. The van der Waals surface area contributed by atoms with Gasteiger partial charge in [0.15, 0.2) is 0 Å². The van der Waals surface area contributed by atoms with Crippen LogP contribution in [0.5, 0.6) is 0 Å². The highest BCUT2D eigenvalue weighted by atomic mass is 16.6. The van der Waals surface area contributed by atoms with Gasteiger partial charge in [0.1, 0.15) is 12.0 Å². The summed E-state index contributed by atoms with van der Waals surface area (Å²) in [6, 6.07) is 3.06. The summed E-state index contributed by atoms with van der Waals surface area (Å²) in [6.07, 6.45) is 1.25. The van der Waals surface area contributed by atoms with E-state index in [0.29, 0.717) is 12.4 Å². The van der Waals surface area contributed by atoms with E-state index >= 15 is 0 Å². The summed E-state index contributed by atoms with van der Waals surface area (Å²) in [5.41, 5.74) is -0.00822. The molecule has 1 rings (SSSR count). The van der Waals surface area contributed by atoms with Gasteiger partial charge in [-0.15, -0.1) is 0 Å². The van der Waals surface area contributed by atoms with Gasteiger partial charge in [-0.05, 0) is 34.0 Å². The third kappa shape index (κ3) is 3.67. The minimum Gasteiger partial charge on any atom is -0.368 e. The Labute approximate surface area is 101 Å². The summed E-state index contributed by atoms with van der Waals surface area (Å²) >= 11 is 0. The van der Waals surface area contributed by atoms with Crippen LogP contribution in [0.15, 0.2) is 18.3 Å². The largest absolute Gasteiger partial charge is 0.368 e. The molecule has 0 aliphatic rings. The molecule has 6 nitrogen and oxygen atoms in total. The van der Waals surface area contributed by atoms with E-state index in [9.17, 15) is 10.1 Å². The van der Waals surface area contributed by atoms with E-state index in [1.165, 1.54) is 12.3 Å². The Hall–Kier alpha value is -1.69. The zero-order valence-electron chi connectivity index (χ0n) is 10.6. The van der Waals surface area contributed by atoms with Gasteiger partial charge in [-0.3, -0.25) is 10.1 Å². The molecule has 17 heavy (non-hydrogen) atoms. The third-order valence-corrected chi connectivity index (χ3v) is 2.87. The van der Waals surface area contributed by atoms with Crippen LogP contribution in [0.25, 0.3) is 0 Å². The summed E-state index contributed by atoms with van der Waals surface area (Å²) in [5, 5.41) is 13.6. The Bertz CT molecular complexity index is 387. The number of nitro groups is 1. The van der Waals surface area contributed by atoms with Gasteiger partial charge in [-0.25, -0.2) is 4.98 Å². The molecular weight excluding hydrogens is 220 g/mol. The van der Waals surface area contributed by atoms with Crippen molar-refractivity contribution in [3.63, 3.8) is 0 Å². The third-order valence-electron chi connectivity index (χ3n) is 2.87. The topological polar surface area (TPSA) is 71.3 Å². The Morgan fingerprint density at radius 1 is 1.47 bits per heavy atom. The van der Waals surface area contributed by atoms with Gasteiger partial charge >= 0.3 is 0 Å². The maximum atomic E-state index is 10.5. The monoisotopic (exact) mass is 238 g/mol. The Morgan fingerprint density at radius 3 is 2.53 bits per heavy atom. The van der Waals surface area contributed by atoms with Crippen molar-refractivity contribution in [1.82, 2.24) is 9.88 Å². The van der Waals surface area contributed by atoms with E-state index < -0.39 is 4.92 Å². The van der Waals surface area contributed by atoms with Gasteiger partial charge in [0.05, 0.1) is 4.92 Å². The van der Waals surface area contributed by atoms with E-state index in [2.05, 4.69) is 29.0 Å². The van der Waals surface area contributed by atoms with Crippen LogP contribution in [0.1, 0.15) is 13.8 Å². The molecule has 0 spiro atoms. The zero-order chi connectivity index (χ0) is 13.1. The molecule has 6 heteroatoms. The number of rotatable bonds is 5. The number of hydrogen-bond acceptors (Lipinski definition) is 5. The SMILES string of the molecule is CN(C)C(C)(C)CNc1ccc([N+](=O)[O-])cn1. The predicted molar refractivity (Wildman–Crippen MR) is 67.1 cm³/mol. The first-order valence-corrected chi connectivity index (χ1v) is 5.35. The van der Waals surface area contributed by atoms with Crippen LogP contribution in [0.2, 0.25) is 0 Å². The average Bonchev–Trinajstić information content (AvgIpc) is 2.27. The first kappa shape index (κ1) is 13.4. The molecule has 0 fully saturated rings. The fourth-order valence-electron chi connectivity index (χ4n) is 1.06. The van der Waals surface area contributed by atoms with Crippen LogP contribution in [-0.2, 0) is 0 Å². The van der Waals surface area contributed by atoms with Crippen LogP contribution in [-0.4, -0.2) is 41.0 Å². The molecule has 0 radical (unpaired) electrons. The van der Waals surface area contributed by atoms with Crippen molar-refractivity contribution in [2.24, 2.45) is 0 Å². The van der Waals surface area contributed by atoms with Gasteiger partial charge in [0, 0.05) is 18.2 Å². The van der Waals surface area contributed by atoms with E-state index in [4.69, 9.17) is 0 Å². The van der Waals surface area contributed by atoms with Crippen molar-refractivity contribution < 1.29 is 4.92 Å². The minimum absolute atomic E-state index is 0.00224. The second kappa shape index (κ2) is 5.09. The molecule has 0 saturated heterocycles. The quantitative estimate of drug-likeness (QED) is 0.625. The highest BCUT2D eigenvalue weighted by Crippen LogP contribution is 2.14. The van der Waals surface area contributed by atoms with Gasteiger partial charge in [0.25, 0.3) is 5.69 Å². The van der Waals surface area contributed by atoms with E-state index in [1.54, 1.807) is 6.07 Å². The fourth-order valence-corrected chi connectivity index (χ4v) is 1.06. The molecule has 1 N–H and O–H groups in total. The molecule has 1 heterocycles. The number of aromatic nitrogens is 1. The second-order valence-electron chi connectivity index (χ2n) is 4.72. The van der Waals surface area contributed by atoms with Crippen LogP contribution >= 0.6 is 0 Å². The second-order valence-corrected chi connectivity index (χ2v) is 4.72. The molecule has 0 amide bonds. The Kier molecular flexibility index (Phi) is 4.01. The molecule has 0 bridgehead atoms. The number of nitrogens with one attached hydrogen (secondary N) is 1. The molecular formula is C11H18N4O2. The highest BCUT2D eigenvalue weighted by molar-refractivity contribution is 5.40. The standard InChI is InChI=1S/C11H18N4O2/c1-11(2,14(3)4)8-13-10-6-5-9(7-12-10)15(16)17/h5-7H,8H2,1-4H3,(H,12,13). The lowest BCUT2D eigenvalue weighted by Crippen LogP contribution is -2.44. The van der Waals surface area contributed by atoms with Gasteiger partial charge < -0.3 is 10.2 Å². The predicted octanol–water partition coefficient (Wildman–Crippen LogP) is 1.74. The Balaban J connectivity index is 2.62. The van der Waals surface area contributed by atoms with Crippen molar-refractivity contribution in [1.29, 1.82) is 0 Å². The van der Waals surface area contributed by atoms with Crippen molar-refractivity contribution in [2.75, 3.05) is 26.0 Å². The molecule has 94 valence electrons. The maximum absolute atomic E-state index is 10.5. The van der Waals surface area contributed by atoms with Crippen LogP contribution < -0.4 is 5.32 Å². The molecule has 0 aromatic carbocycles. The van der Waals surface area contributed by atoms with Crippen molar-refractivity contribution in [3.8, 4) is 0 Å². The van der Waals surface area contributed by atoms with E-state index in [1.807, 2.05) is 14.1 Å². The lowest BCUT2D eigenvalue weighted by atomic mass is 10.0. The normalized spacial score (nSPS) is 11.6. The van der Waals surface area contributed by atoms with Gasteiger partial charge in [-0.1, -0.05) is 0 Å². The van der Waals surface area contributed by atoms with Crippen LogP contribution in [0.3, 0.4) is 0 Å². The Morgan fingerprint density at radius 2 is 2.12 bits per heavy atom. The highest BCUT2D eigenvalue weighted by Gasteiger charge is 2.20. The van der Waals surface area contributed by atoms with Crippen molar-refractivity contribution >= 4 is 11.5 Å². The smallest absolute Gasteiger partial charge is 0.287 e. The molecule has 0 aliphatic carbocycles. The summed E-state index contributed by atoms with van der Waals surface area (Å²) < 4.78 is 0. The van der Waals surface area contributed by atoms with E-state index in [0.717, 1.165) is 0 Å². The summed E-state index contributed by atoms with van der Waals surface area (Å²) in [6.45, 7) is 4.92. The average molecular weight is 238 g/mol. The zero-order valence-corrected chi connectivity index (χ0v) is 10.6. The fraction of sp³-hybridized carbons (Fsp3) is 0.545. The summed E-state index contributed by atoms with van der Waals surface area (Å²) in [4.78, 5) is 16.1. The first-order chi connectivity index (χ1) is 7.83. The number of pyridine rings is 1. The molecule has 0 atom stereocenters. The number of nitrogens with zero attached hydrogens (tertiary/aromatic N) is 3. The lowest BCUT2D eigenvalue weighted by molar-refractivity contribution is -0.385. The van der Waals surface area contributed by atoms with Crippen molar-refractivity contribution in [3.05, 3.63) is 28.4 Å². The molecule has 0 aliphatic heterocycles. The maximum Gasteiger partial charge on any atom is 0.287 e. The van der Waals surface area contributed by atoms with Crippen molar-refractivity contribution in [2.45, 2.75) is 19.4 Å². The lowest BCUT2D eigenvalue weighted by Gasteiger charge is -2.32. The van der Waals surface area contributed by atoms with Crippen LogP contribution in [0, 0.1) is 10.1 Å².